The highest BCUT2D eigenvalue weighted by atomic mass is 127. The molecule has 0 saturated heterocycles. The van der Waals surface area contributed by atoms with E-state index >= 15 is 0 Å². The molecule has 1 rings (SSSR count). The third kappa shape index (κ3) is 6.53. The molecule has 4 nitrogen and oxygen atoms in total. The molecule has 18 heavy (non-hydrogen) atoms. The third-order valence-corrected chi connectivity index (χ3v) is 3.54. The number of hydrogen-bond acceptors (Lipinski definition) is 3. The van der Waals surface area contributed by atoms with E-state index in [1.807, 2.05) is 6.92 Å². The van der Waals surface area contributed by atoms with Crippen molar-refractivity contribution in [3.05, 3.63) is 15.6 Å². The van der Waals surface area contributed by atoms with Crippen LogP contribution >= 0.6 is 35.3 Å². The maximum Gasteiger partial charge on any atom is 0.189 e. The van der Waals surface area contributed by atoms with E-state index in [1.54, 1.807) is 11.3 Å². The molecule has 0 aromatic carbocycles. The quantitative estimate of drug-likeness (QED) is 0.468. The summed E-state index contributed by atoms with van der Waals surface area (Å²) in [5, 5.41) is 4.13. The minimum absolute atomic E-state index is 0. The van der Waals surface area contributed by atoms with Gasteiger partial charge in [0, 0.05) is 11.4 Å². The fourth-order valence-corrected chi connectivity index (χ4v) is 2.16. The predicted octanol–water partition coefficient (Wildman–Crippen LogP) is 2.83. The van der Waals surface area contributed by atoms with Crippen molar-refractivity contribution in [2.75, 3.05) is 6.54 Å². The summed E-state index contributed by atoms with van der Waals surface area (Å²) in [6.45, 7) is 9.92. The molecule has 104 valence electrons. The Balaban J connectivity index is 0.00000289. The number of guanidine groups is 1. The summed E-state index contributed by atoms with van der Waals surface area (Å²) in [4.78, 5) is 9.95. The predicted molar refractivity (Wildman–Crippen MR) is 89.8 cm³/mol. The van der Waals surface area contributed by atoms with Gasteiger partial charge in [0.1, 0.15) is 5.01 Å². The van der Waals surface area contributed by atoms with E-state index in [1.165, 1.54) is 4.88 Å². The van der Waals surface area contributed by atoms with Gasteiger partial charge in [0.25, 0.3) is 0 Å². The highest BCUT2D eigenvalue weighted by molar-refractivity contribution is 14.0. The number of thiazole rings is 1. The van der Waals surface area contributed by atoms with Crippen molar-refractivity contribution < 1.29 is 0 Å². The van der Waals surface area contributed by atoms with Crippen molar-refractivity contribution in [2.24, 2.45) is 16.6 Å². The first-order valence-corrected chi connectivity index (χ1v) is 6.77. The molecule has 0 fully saturated rings. The summed E-state index contributed by atoms with van der Waals surface area (Å²) < 4.78 is 0. The largest absolute Gasteiger partial charge is 0.370 e. The lowest BCUT2D eigenvalue weighted by atomic mass is 10.1. The van der Waals surface area contributed by atoms with E-state index < -0.39 is 0 Å². The zero-order chi connectivity index (χ0) is 12.8. The topological polar surface area (TPSA) is 63.3 Å². The number of nitrogens with two attached hydrogens (primary N) is 1. The van der Waals surface area contributed by atoms with Gasteiger partial charge in [-0.25, -0.2) is 9.98 Å². The highest BCUT2D eigenvalue weighted by Gasteiger charge is 2.02. The molecular weight excluding hydrogens is 359 g/mol. The number of nitrogens with zero attached hydrogens (tertiary/aromatic N) is 2. The number of aromatic nitrogens is 1. The zero-order valence-corrected chi connectivity index (χ0v) is 14.6. The van der Waals surface area contributed by atoms with Crippen LogP contribution in [0, 0.1) is 19.8 Å². The molecule has 3 N–H and O–H groups in total. The van der Waals surface area contributed by atoms with Gasteiger partial charge in [-0.2, -0.15) is 0 Å². The number of rotatable bonds is 5. The second kappa shape index (κ2) is 8.68. The Morgan fingerprint density at radius 1 is 1.44 bits per heavy atom. The molecule has 0 radical (unpaired) electrons. The molecule has 0 aliphatic heterocycles. The summed E-state index contributed by atoms with van der Waals surface area (Å²) in [5.41, 5.74) is 6.86. The van der Waals surface area contributed by atoms with E-state index in [-0.39, 0.29) is 24.0 Å². The van der Waals surface area contributed by atoms with Gasteiger partial charge in [0.2, 0.25) is 0 Å². The lowest BCUT2D eigenvalue weighted by molar-refractivity contribution is 0.576. The number of nitrogens with one attached hydrogen (secondary N) is 1. The highest BCUT2D eigenvalue weighted by Crippen LogP contribution is 2.16. The van der Waals surface area contributed by atoms with E-state index in [0.717, 1.165) is 23.7 Å². The number of aryl methyl sites for hydroxylation is 2. The molecule has 1 heterocycles. The Morgan fingerprint density at radius 2 is 2.11 bits per heavy atom. The van der Waals surface area contributed by atoms with Crippen LogP contribution in [-0.2, 0) is 6.54 Å². The van der Waals surface area contributed by atoms with Crippen LogP contribution in [0.5, 0.6) is 0 Å². The normalized spacial score (nSPS) is 11.5. The minimum Gasteiger partial charge on any atom is -0.370 e. The van der Waals surface area contributed by atoms with Crippen molar-refractivity contribution >= 4 is 41.3 Å². The summed E-state index contributed by atoms with van der Waals surface area (Å²) in [7, 11) is 0. The summed E-state index contributed by atoms with van der Waals surface area (Å²) >= 11 is 1.68. The van der Waals surface area contributed by atoms with Crippen LogP contribution < -0.4 is 11.1 Å². The lowest BCUT2D eigenvalue weighted by Gasteiger charge is -2.06. The van der Waals surface area contributed by atoms with Gasteiger partial charge in [-0.05, 0) is 26.2 Å². The first-order chi connectivity index (χ1) is 7.99. The standard InChI is InChI=1S/C12H22N4S.HI/c1-8(2)5-6-14-12(13)15-7-11-16-9(3)10(4)17-11;/h8H,5-7H2,1-4H3,(H3,13,14,15);1H. The van der Waals surface area contributed by atoms with Crippen LogP contribution in [0.2, 0.25) is 0 Å². The van der Waals surface area contributed by atoms with Crippen LogP contribution in [0.1, 0.15) is 35.8 Å². The molecule has 1 aromatic rings. The van der Waals surface area contributed by atoms with Crippen LogP contribution in [0.4, 0.5) is 0 Å². The van der Waals surface area contributed by atoms with Crippen molar-refractivity contribution in [3.8, 4) is 0 Å². The number of hydrogen-bond donors (Lipinski definition) is 2. The average Bonchev–Trinajstić information content (AvgIpc) is 2.55. The number of halogens is 1. The fourth-order valence-electron chi connectivity index (χ4n) is 1.30. The molecule has 0 aliphatic rings. The second-order valence-corrected chi connectivity index (χ2v) is 5.85. The van der Waals surface area contributed by atoms with E-state index in [9.17, 15) is 0 Å². The van der Waals surface area contributed by atoms with E-state index in [0.29, 0.717) is 18.4 Å². The van der Waals surface area contributed by atoms with E-state index in [2.05, 4.69) is 36.1 Å². The van der Waals surface area contributed by atoms with Crippen molar-refractivity contribution in [1.82, 2.24) is 10.3 Å². The van der Waals surface area contributed by atoms with Gasteiger partial charge < -0.3 is 11.1 Å². The van der Waals surface area contributed by atoms with Crippen LogP contribution in [0.25, 0.3) is 0 Å². The molecule has 0 bridgehead atoms. The van der Waals surface area contributed by atoms with Crippen LogP contribution in [0.3, 0.4) is 0 Å². The SMILES string of the molecule is Cc1nc(CN=C(N)NCCC(C)C)sc1C.I. The van der Waals surface area contributed by atoms with E-state index in [4.69, 9.17) is 5.73 Å². The molecule has 6 heteroatoms. The Kier molecular flexibility index (Phi) is 8.51. The Morgan fingerprint density at radius 3 is 2.61 bits per heavy atom. The Hall–Kier alpha value is -0.370. The monoisotopic (exact) mass is 382 g/mol. The first-order valence-electron chi connectivity index (χ1n) is 5.95. The molecule has 0 spiro atoms. The average molecular weight is 382 g/mol. The van der Waals surface area contributed by atoms with Gasteiger partial charge in [-0.15, -0.1) is 35.3 Å². The molecule has 1 aromatic heterocycles. The zero-order valence-electron chi connectivity index (χ0n) is 11.5. The molecular formula is C12H23IN4S. The Bertz CT molecular complexity index is 368. The maximum absolute atomic E-state index is 5.77. The molecule has 0 atom stereocenters. The maximum atomic E-state index is 5.77. The lowest BCUT2D eigenvalue weighted by Crippen LogP contribution is -2.32. The van der Waals surface area contributed by atoms with Gasteiger partial charge in [-0.1, -0.05) is 13.8 Å². The molecule has 0 unspecified atom stereocenters. The van der Waals surface area contributed by atoms with Gasteiger partial charge in [0.05, 0.1) is 12.2 Å². The molecule has 0 aliphatic carbocycles. The van der Waals surface area contributed by atoms with Gasteiger partial charge in [-0.3, -0.25) is 0 Å². The summed E-state index contributed by atoms with van der Waals surface area (Å²) in [6, 6.07) is 0. The Labute approximate surface area is 131 Å². The van der Waals surface area contributed by atoms with Crippen molar-refractivity contribution in [3.63, 3.8) is 0 Å². The van der Waals surface area contributed by atoms with Crippen LogP contribution in [0.15, 0.2) is 4.99 Å². The first kappa shape index (κ1) is 17.6. The smallest absolute Gasteiger partial charge is 0.189 e. The summed E-state index contributed by atoms with van der Waals surface area (Å²) in [6.07, 6.45) is 1.10. The molecule has 0 saturated carbocycles. The third-order valence-electron chi connectivity index (χ3n) is 2.49. The van der Waals surface area contributed by atoms with Crippen molar-refractivity contribution in [1.29, 1.82) is 0 Å². The molecule has 0 amide bonds. The fraction of sp³-hybridized carbons (Fsp3) is 0.667. The van der Waals surface area contributed by atoms with Crippen LogP contribution in [-0.4, -0.2) is 17.5 Å². The minimum atomic E-state index is 0. The van der Waals surface area contributed by atoms with Gasteiger partial charge >= 0.3 is 0 Å². The van der Waals surface area contributed by atoms with Gasteiger partial charge in [0.15, 0.2) is 5.96 Å². The number of aliphatic imine (C=N–C) groups is 1. The second-order valence-electron chi connectivity index (χ2n) is 4.56. The van der Waals surface area contributed by atoms with Crippen molar-refractivity contribution in [2.45, 2.75) is 40.7 Å². The summed E-state index contributed by atoms with van der Waals surface area (Å²) in [5.74, 6) is 1.19.